The second kappa shape index (κ2) is 5.67. The van der Waals surface area contributed by atoms with Crippen LogP contribution in [0.1, 0.15) is 39.7 Å². The monoisotopic (exact) mass is 252 g/mol. The van der Waals surface area contributed by atoms with Crippen molar-refractivity contribution < 1.29 is 9.84 Å². The molecule has 0 spiro atoms. The summed E-state index contributed by atoms with van der Waals surface area (Å²) in [5.74, 6) is 0.672. The van der Waals surface area contributed by atoms with Crippen LogP contribution in [0.25, 0.3) is 0 Å². The standard InChI is InChI=1S/C14H24N2O2/c1-5-6-18-12-7-11(8-16-9-12)14(17,10-15)13(2,3)4/h7-9,17H,5-6,10,15H2,1-4H3. The molecular formula is C14H24N2O2. The third kappa shape index (κ3) is 3.00. The van der Waals surface area contributed by atoms with Gasteiger partial charge in [-0.1, -0.05) is 27.7 Å². The molecule has 4 nitrogen and oxygen atoms in total. The number of aromatic nitrogens is 1. The summed E-state index contributed by atoms with van der Waals surface area (Å²) < 4.78 is 5.53. The first-order valence-electron chi connectivity index (χ1n) is 6.36. The summed E-state index contributed by atoms with van der Waals surface area (Å²) in [6.07, 6.45) is 4.24. The van der Waals surface area contributed by atoms with E-state index in [-0.39, 0.29) is 12.0 Å². The highest BCUT2D eigenvalue weighted by Crippen LogP contribution is 2.38. The molecule has 102 valence electrons. The lowest BCUT2D eigenvalue weighted by Gasteiger charge is -2.39. The smallest absolute Gasteiger partial charge is 0.137 e. The van der Waals surface area contributed by atoms with Crippen LogP contribution in [0.15, 0.2) is 18.5 Å². The molecule has 0 aliphatic rings. The lowest BCUT2D eigenvalue weighted by molar-refractivity contribution is -0.0561. The van der Waals surface area contributed by atoms with Gasteiger partial charge < -0.3 is 15.6 Å². The van der Waals surface area contributed by atoms with Crippen molar-refractivity contribution in [1.29, 1.82) is 0 Å². The third-order valence-electron chi connectivity index (χ3n) is 3.20. The molecule has 1 aromatic rings. The van der Waals surface area contributed by atoms with Crippen LogP contribution in [0.4, 0.5) is 0 Å². The molecule has 0 amide bonds. The SMILES string of the molecule is CCCOc1cncc(C(O)(CN)C(C)(C)C)c1. The summed E-state index contributed by atoms with van der Waals surface area (Å²) in [7, 11) is 0. The van der Waals surface area contributed by atoms with Gasteiger partial charge in [-0.05, 0) is 17.9 Å². The van der Waals surface area contributed by atoms with Gasteiger partial charge in [0.05, 0.1) is 12.8 Å². The lowest BCUT2D eigenvalue weighted by atomic mass is 9.72. The van der Waals surface area contributed by atoms with Crippen LogP contribution in [-0.2, 0) is 5.60 Å². The Morgan fingerprint density at radius 3 is 2.50 bits per heavy atom. The van der Waals surface area contributed by atoms with E-state index >= 15 is 0 Å². The highest BCUT2D eigenvalue weighted by molar-refractivity contribution is 5.30. The highest BCUT2D eigenvalue weighted by Gasteiger charge is 2.40. The van der Waals surface area contributed by atoms with Gasteiger partial charge in [-0.15, -0.1) is 0 Å². The number of hydrogen-bond acceptors (Lipinski definition) is 4. The quantitative estimate of drug-likeness (QED) is 0.841. The Labute approximate surface area is 109 Å². The molecule has 0 radical (unpaired) electrons. The second-order valence-electron chi connectivity index (χ2n) is 5.57. The second-order valence-corrected chi connectivity index (χ2v) is 5.57. The third-order valence-corrected chi connectivity index (χ3v) is 3.20. The van der Waals surface area contributed by atoms with Gasteiger partial charge in [0.25, 0.3) is 0 Å². The number of ether oxygens (including phenoxy) is 1. The Morgan fingerprint density at radius 2 is 2.00 bits per heavy atom. The molecule has 0 fully saturated rings. The number of pyridine rings is 1. The molecule has 0 aliphatic carbocycles. The lowest BCUT2D eigenvalue weighted by Crippen LogP contribution is -2.46. The van der Waals surface area contributed by atoms with E-state index in [4.69, 9.17) is 10.5 Å². The molecular weight excluding hydrogens is 228 g/mol. The number of nitrogens with zero attached hydrogens (tertiary/aromatic N) is 1. The summed E-state index contributed by atoms with van der Waals surface area (Å²) in [5.41, 5.74) is 4.98. The molecule has 3 N–H and O–H groups in total. The summed E-state index contributed by atoms with van der Waals surface area (Å²) in [6.45, 7) is 8.71. The van der Waals surface area contributed by atoms with Crippen LogP contribution in [0.5, 0.6) is 5.75 Å². The summed E-state index contributed by atoms with van der Waals surface area (Å²) in [4.78, 5) is 4.12. The number of rotatable bonds is 5. The fraction of sp³-hybridized carbons (Fsp3) is 0.643. The molecule has 1 atom stereocenters. The normalized spacial score (nSPS) is 15.2. The maximum Gasteiger partial charge on any atom is 0.137 e. The van der Waals surface area contributed by atoms with E-state index in [1.807, 2.05) is 33.8 Å². The van der Waals surface area contributed by atoms with Crippen molar-refractivity contribution >= 4 is 0 Å². The van der Waals surface area contributed by atoms with Crippen LogP contribution in [0, 0.1) is 5.41 Å². The first kappa shape index (κ1) is 14.9. The van der Waals surface area contributed by atoms with Gasteiger partial charge in [-0.3, -0.25) is 4.98 Å². The molecule has 0 aliphatic heterocycles. The van der Waals surface area contributed by atoms with Gasteiger partial charge in [-0.25, -0.2) is 0 Å². The molecule has 0 saturated carbocycles. The number of hydrogen-bond donors (Lipinski definition) is 2. The van der Waals surface area contributed by atoms with Crippen molar-refractivity contribution in [2.75, 3.05) is 13.2 Å². The zero-order chi connectivity index (χ0) is 13.8. The van der Waals surface area contributed by atoms with Gasteiger partial charge in [0.15, 0.2) is 0 Å². The molecule has 1 rings (SSSR count). The fourth-order valence-electron chi connectivity index (χ4n) is 1.80. The largest absolute Gasteiger partial charge is 0.492 e. The molecule has 18 heavy (non-hydrogen) atoms. The van der Waals surface area contributed by atoms with E-state index in [1.54, 1.807) is 12.4 Å². The van der Waals surface area contributed by atoms with Crippen LogP contribution < -0.4 is 10.5 Å². The van der Waals surface area contributed by atoms with E-state index in [1.165, 1.54) is 0 Å². The van der Waals surface area contributed by atoms with E-state index in [0.29, 0.717) is 17.9 Å². The van der Waals surface area contributed by atoms with Crippen molar-refractivity contribution in [2.24, 2.45) is 11.1 Å². The van der Waals surface area contributed by atoms with Crippen molar-refractivity contribution in [2.45, 2.75) is 39.7 Å². The molecule has 4 heteroatoms. The van der Waals surface area contributed by atoms with Crippen molar-refractivity contribution in [3.05, 3.63) is 24.0 Å². The first-order valence-corrected chi connectivity index (χ1v) is 6.36. The summed E-state index contributed by atoms with van der Waals surface area (Å²) >= 11 is 0. The van der Waals surface area contributed by atoms with Gasteiger partial charge in [0, 0.05) is 18.3 Å². The van der Waals surface area contributed by atoms with Gasteiger partial charge in [-0.2, -0.15) is 0 Å². The van der Waals surface area contributed by atoms with Crippen LogP contribution in [0.3, 0.4) is 0 Å². The van der Waals surface area contributed by atoms with E-state index < -0.39 is 5.60 Å². The average Bonchev–Trinajstić information content (AvgIpc) is 2.34. The number of aliphatic hydroxyl groups is 1. The predicted molar refractivity (Wildman–Crippen MR) is 72.4 cm³/mol. The van der Waals surface area contributed by atoms with Crippen molar-refractivity contribution in [3.63, 3.8) is 0 Å². The molecule has 1 unspecified atom stereocenters. The predicted octanol–water partition coefficient (Wildman–Crippen LogP) is 2.06. The maximum atomic E-state index is 10.8. The molecule has 0 bridgehead atoms. The Bertz CT molecular complexity index is 388. The summed E-state index contributed by atoms with van der Waals surface area (Å²) in [6, 6.07) is 1.82. The molecule has 1 aromatic heterocycles. The van der Waals surface area contributed by atoms with E-state index in [2.05, 4.69) is 4.98 Å². The van der Waals surface area contributed by atoms with Crippen molar-refractivity contribution in [3.8, 4) is 5.75 Å². The minimum absolute atomic E-state index is 0.148. The topological polar surface area (TPSA) is 68.4 Å². The maximum absolute atomic E-state index is 10.8. The minimum atomic E-state index is -1.11. The van der Waals surface area contributed by atoms with Crippen LogP contribution >= 0.6 is 0 Å². The number of nitrogens with two attached hydrogens (primary N) is 1. The van der Waals surface area contributed by atoms with E-state index in [9.17, 15) is 5.11 Å². The molecule has 0 aromatic carbocycles. The Hall–Kier alpha value is -1.13. The Balaban J connectivity index is 3.07. The van der Waals surface area contributed by atoms with Gasteiger partial charge >= 0.3 is 0 Å². The van der Waals surface area contributed by atoms with Gasteiger partial charge in [0.1, 0.15) is 11.4 Å². The van der Waals surface area contributed by atoms with Crippen LogP contribution in [-0.4, -0.2) is 23.2 Å². The minimum Gasteiger partial charge on any atom is -0.492 e. The summed E-state index contributed by atoms with van der Waals surface area (Å²) in [5, 5.41) is 10.8. The molecule has 0 saturated heterocycles. The highest BCUT2D eigenvalue weighted by atomic mass is 16.5. The first-order chi connectivity index (χ1) is 8.35. The Morgan fingerprint density at radius 1 is 1.33 bits per heavy atom. The zero-order valence-corrected chi connectivity index (χ0v) is 11.7. The molecule has 1 heterocycles. The van der Waals surface area contributed by atoms with Crippen molar-refractivity contribution in [1.82, 2.24) is 4.98 Å². The van der Waals surface area contributed by atoms with Crippen LogP contribution in [0.2, 0.25) is 0 Å². The van der Waals surface area contributed by atoms with E-state index in [0.717, 1.165) is 6.42 Å². The average molecular weight is 252 g/mol. The zero-order valence-electron chi connectivity index (χ0n) is 11.7. The van der Waals surface area contributed by atoms with Gasteiger partial charge in [0.2, 0.25) is 0 Å². The fourth-order valence-corrected chi connectivity index (χ4v) is 1.80. The Kier molecular flexibility index (Phi) is 4.71.